The zero-order valence-electron chi connectivity index (χ0n) is 24.1. The number of aliphatic hydroxyl groups is 1. The molecule has 0 aliphatic heterocycles. The van der Waals surface area contributed by atoms with Gasteiger partial charge in [0.05, 0.1) is 18.3 Å². The van der Waals surface area contributed by atoms with Gasteiger partial charge in [0, 0.05) is 0 Å². The lowest BCUT2D eigenvalue weighted by Gasteiger charge is -2.17. The van der Waals surface area contributed by atoms with Crippen LogP contribution in [0.15, 0.2) is 24.3 Å². The van der Waals surface area contributed by atoms with Crippen LogP contribution in [-0.4, -0.2) is 23.8 Å². The number of unbranched alkanes of at least 4 members (excludes halogenated alkanes) is 14. The number of benzene rings is 1. The highest BCUT2D eigenvalue weighted by Crippen LogP contribution is 2.19. The molecule has 0 aliphatic carbocycles. The van der Waals surface area contributed by atoms with E-state index in [1.807, 2.05) is 24.3 Å². The number of ether oxygens (including phenoxy) is 1. The van der Waals surface area contributed by atoms with E-state index in [4.69, 9.17) is 4.74 Å². The summed E-state index contributed by atoms with van der Waals surface area (Å²) in [7, 11) is 0. The fraction of sp³-hybridized carbons (Fsp3) is 0.788. The van der Waals surface area contributed by atoms with Gasteiger partial charge in [0.15, 0.2) is 0 Å². The van der Waals surface area contributed by atoms with E-state index in [9.17, 15) is 9.90 Å². The van der Waals surface area contributed by atoms with Crippen LogP contribution in [0, 0.1) is 5.92 Å². The zero-order chi connectivity index (χ0) is 26.3. The highest BCUT2D eigenvalue weighted by molar-refractivity contribution is 5.91. The fourth-order valence-corrected chi connectivity index (χ4v) is 5.00. The maximum absolute atomic E-state index is 12.7. The van der Waals surface area contributed by atoms with E-state index in [2.05, 4.69) is 20.8 Å². The topological polar surface area (TPSA) is 46.5 Å². The van der Waals surface area contributed by atoms with Crippen LogP contribution in [0.1, 0.15) is 159 Å². The average Bonchev–Trinajstić information content (AvgIpc) is 2.89. The first kappa shape index (κ1) is 32.7. The molecule has 1 aromatic rings. The largest absolute Gasteiger partial charge is 0.462 e. The Morgan fingerprint density at radius 1 is 0.722 bits per heavy atom. The minimum absolute atomic E-state index is 0.246. The molecule has 2 atom stereocenters. The van der Waals surface area contributed by atoms with Crippen molar-refractivity contribution < 1.29 is 14.6 Å². The van der Waals surface area contributed by atoms with Crippen molar-refractivity contribution in [1.29, 1.82) is 0 Å². The number of hydrogen-bond acceptors (Lipinski definition) is 3. The van der Waals surface area contributed by atoms with Gasteiger partial charge < -0.3 is 9.84 Å². The SMILES string of the molecule is CCCCCCCCCCCCCCCCC(O)Cc1ccccc1C(=O)OCC(CC)CCCC. The van der Waals surface area contributed by atoms with E-state index in [1.54, 1.807) is 0 Å². The molecular weight excluding hydrogens is 444 g/mol. The first-order valence-corrected chi connectivity index (χ1v) is 15.5. The van der Waals surface area contributed by atoms with Crippen LogP contribution in [-0.2, 0) is 11.2 Å². The molecule has 36 heavy (non-hydrogen) atoms. The van der Waals surface area contributed by atoms with E-state index in [0.717, 1.165) is 31.2 Å². The predicted octanol–water partition coefficient (Wildman–Crippen LogP) is 9.83. The molecule has 2 unspecified atom stereocenters. The molecule has 0 saturated heterocycles. The number of hydrogen-bond donors (Lipinski definition) is 1. The van der Waals surface area contributed by atoms with Crippen molar-refractivity contribution in [2.24, 2.45) is 5.92 Å². The third kappa shape index (κ3) is 16.4. The number of carbonyl (C=O) groups excluding carboxylic acids is 1. The molecule has 3 heteroatoms. The van der Waals surface area contributed by atoms with E-state index in [0.29, 0.717) is 24.5 Å². The molecule has 0 heterocycles. The second kappa shape index (κ2) is 22.8. The third-order valence-corrected chi connectivity index (χ3v) is 7.58. The lowest BCUT2D eigenvalue weighted by molar-refractivity contribution is 0.0426. The molecule has 3 nitrogen and oxygen atoms in total. The molecule has 0 aromatic heterocycles. The van der Waals surface area contributed by atoms with Crippen molar-refractivity contribution in [2.75, 3.05) is 6.61 Å². The highest BCUT2D eigenvalue weighted by Gasteiger charge is 2.17. The number of esters is 1. The first-order valence-electron chi connectivity index (χ1n) is 15.5. The Morgan fingerprint density at radius 2 is 1.25 bits per heavy atom. The molecule has 0 fully saturated rings. The second-order valence-corrected chi connectivity index (χ2v) is 10.9. The second-order valence-electron chi connectivity index (χ2n) is 10.9. The first-order chi connectivity index (χ1) is 17.6. The molecular formula is C33H58O3. The fourth-order valence-electron chi connectivity index (χ4n) is 5.00. The summed E-state index contributed by atoms with van der Waals surface area (Å²) in [4.78, 5) is 12.7. The Morgan fingerprint density at radius 3 is 1.81 bits per heavy atom. The summed E-state index contributed by atoms with van der Waals surface area (Å²) in [6.07, 6.45) is 24.2. The Balaban J connectivity index is 2.17. The Hall–Kier alpha value is -1.35. The highest BCUT2D eigenvalue weighted by atomic mass is 16.5. The quantitative estimate of drug-likeness (QED) is 0.113. The van der Waals surface area contributed by atoms with E-state index in [-0.39, 0.29) is 5.97 Å². The lowest BCUT2D eigenvalue weighted by Crippen LogP contribution is -2.17. The molecule has 0 spiro atoms. The normalized spacial score (nSPS) is 13.0. The number of rotatable bonds is 24. The number of carbonyl (C=O) groups is 1. The molecule has 0 saturated carbocycles. The van der Waals surface area contributed by atoms with Crippen molar-refractivity contribution in [1.82, 2.24) is 0 Å². The van der Waals surface area contributed by atoms with Gasteiger partial charge in [0.1, 0.15) is 0 Å². The van der Waals surface area contributed by atoms with Gasteiger partial charge in [-0.3, -0.25) is 0 Å². The van der Waals surface area contributed by atoms with Crippen molar-refractivity contribution in [2.45, 2.75) is 155 Å². The van der Waals surface area contributed by atoms with Gasteiger partial charge in [-0.1, -0.05) is 148 Å². The predicted molar refractivity (Wildman–Crippen MR) is 155 cm³/mol. The summed E-state index contributed by atoms with van der Waals surface area (Å²) in [5, 5.41) is 10.6. The van der Waals surface area contributed by atoms with Crippen LogP contribution in [0.25, 0.3) is 0 Å². The summed E-state index contributed by atoms with van der Waals surface area (Å²) in [6.45, 7) is 7.13. The molecule has 208 valence electrons. The van der Waals surface area contributed by atoms with Crippen molar-refractivity contribution in [3.8, 4) is 0 Å². The lowest BCUT2D eigenvalue weighted by atomic mass is 9.97. The van der Waals surface area contributed by atoms with Gasteiger partial charge in [0.2, 0.25) is 0 Å². The monoisotopic (exact) mass is 502 g/mol. The van der Waals surface area contributed by atoms with Crippen molar-refractivity contribution in [3.63, 3.8) is 0 Å². The Labute approximate surface area is 223 Å². The maximum atomic E-state index is 12.7. The smallest absolute Gasteiger partial charge is 0.338 e. The van der Waals surface area contributed by atoms with Crippen LogP contribution < -0.4 is 0 Å². The summed E-state index contributed by atoms with van der Waals surface area (Å²) in [5.41, 5.74) is 1.52. The van der Waals surface area contributed by atoms with Gasteiger partial charge >= 0.3 is 5.97 Å². The molecule has 1 aromatic carbocycles. The Bertz CT molecular complexity index is 642. The van der Waals surface area contributed by atoms with Crippen LogP contribution in [0.5, 0.6) is 0 Å². The zero-order valence-corrected chi connectivity index (χ0v) is 24.1. The summed E-state index contributed by atoms with van der Waals surface area (Å²) >= 11 is 0. The summed E-state index contributed by atoms with van der Waals surface area (Å²) in [6, 6.07) is 7.62. The van der Waals surface area contributed by atoms with Gasteiger partial charge in [0.25, 0.3) is 0 Å². The molecule has 1 rings (SSSR count). The molecule has 1 N–H and O–H groups in total. The van der Waals surface area contributed by atoms with Gasteiger partial charge in [-0.2, -0.15) is 0 Å². The molecule has 0 amide bonds. The maximum Gasteiger partial charge on any atom is 0.338 e. The van der Waals surface area contributed by atoms with E-state index >= 15 is 0 Å². The van der Waals surface area contributed by atoms with E-state index < -0.39 is 6.10 Å². The van der Waals surface area contributed by atoms with Crippen LogP contribution >= 0.6 is 0 Å². The number of aliphatic hydroxyl groups excluding tert-OH is 1. The Kier molecular flexibility index (Phi) is 20.7. The minimum Gasteiger partial charge on any atom is -0.462 e. The van der Waals surface area contributed by atoms with Gasteiger partial charge in [-0.05, 0) is 36.8 Å². The average molecular weight is 503 g/mol. The van der Waals surface area contributed by atoms with Gasteiger partial charge in [-0.15, -0.1) is 0 Å². The van der Waals surface area contributed by atoms with Crippen LogP contribution in [0.3, 0.4) is 0 Å². The van der Waals surface area contributed by atoms with Gasteiger partial charge in [-0.25, -0.2) is 4.79 Å². The summed E-state index contributed by atoms with van der Waals surface area (Å²) in [5.74, 6) is 0.191. The summed E-state index contributed by atoms with van der Waals surface area (Å²) < 4.78 is 5.67. The standard InChI is InChI=1S/C33H58O3/c1-4-7-9-10-11-12-13-14-15-16-17-18-19-20-25-31(34)27-30-24-21-22-26-32(30)33(35)36-28-29(6-3)23-8-5-2/h21-22,24,26,29,31,34H,4-20,23,25,27-28H2,1-3H3. The van der Waals surface area contributed by atoms with E-state index in [1.165, 1.54) is 96.3 Å². The minimum atomic E-state index is -0.399. The third-order valence-electron chi connectivity index (χ3n) is 7.58. The molecule has 0 bridgehead atoms. The van der Waals surface area contributed by atoms with Crippen molar-refractivity contribution in [3.05, 3.63) is 35.4 Å². The molecule has 0 radical (unpaired) electrons. The van der Waals surface area contributed by atoms with Crippen molar-refractivity contribution >= 4 is 5.97 Å². The van der Waals surface area contributed by atoms with Crippen LogP contribution in [0.2, 0.25) is 0 Å². The molecule has 0 aliphatic rings. The van der Waals surface area contributed by atoms with Crippen LogP contribution in [0.4, 0.5) is 0 Å².